The summed E-state index contributed by atoms with van der Waals surface area (Å²) in [6, 6.07) is 11.5. The number of nitro benzene ring substituents is 1. The molecule has 3 rings (SSSR count). The zero-order chi connectivity index (χ0) is 25.5. The quantitative estimate of drug-likeness (QED) is 0.329. The number of aromatic nitrogens is 2. The molecule has 35 heavy (non-hydrogen) atoms. The molecule has 1 aromatic heterocycles. The van der Waals surface area contributed by atoms with E-state index in [0.29, 0.717) is 35.7 Å². The Balaban J connectivity index is 1.70. The minimum absolute atomic E-state index is 0.0275. The number of ether oxygens (including phenoxy) is 1. The van der Waals surface area contributed by atoms with Crippen LogP contribution >= 0.6 is 0 Å². The number of carbonyl (C=O) groups excluding carboxylic acids is 2. The van der Waals surface area contributed by atoms with Crippen molar-refractivity contribution in [1.82, 2.24) is 15.1 Å². The van der Waals surface area contributed by atoms with Crippen LogP contribution in [0.5, 0.6) is 5.75 Å². The highest BCUT2D eigenvalue weighted by molar-refractivity contribution is 6.08. The van der Waals surface area contributed by atoms with Crippen LogP contribution < -0.4 is 15.4 Å². The predicted octanol–water partition coefficient (Wildman–Crippen LogP) is 4.34. The van der Waals surface area contributed by atoms with Crippen LogP contribution in [0.25, 0.3) is 0 Å². The lowest BCUT2D eigenvalue weighted by molar-refractivity contribution is -0.385. The maximum absolute atomic E-state index is 12.9. The molecule has 0 aliphatic carbocycles. The van der Waals surface area contributed by atoms with Gasteiger partial charge in [0.1, 0.15) is 12.4 Å². The topological polar surface area (TPSA) is 128 Å². The molecule has 0 radical (unpaired) electrons. The van der Waals surface area contributed by atoms with Gasteiger partial charge in [-0.05, 0) is 49.6 Å². The fourth-order valence-corrected chi connectivity index (χ4v) is 3.31. The summed E-state index contributed by atoms with van der Waals surface area (Å²) < 4.78 is 7.35. The maximum Gasteiger partial charge on any atom is 0.273 e. The monoisotopic (exact) mass is 479 g/mol. The molecular weight excluding hydrogens is 450 g/mol. The van der Waals surface area contributed by atoms with Crippen molar-refractivity contribution in [2.45, 2.75) is 40.8 Å². The van der Waals surface area contributed by atoms with Crippen molar-refractivity contribution in [3.63, 3.8) is 0 Å². The normalized spacial score (nSPS) is 10.8. The number of aryl methyl sites for hydroxylation is 2. The number of hydrogen-bond acceptors (Lipinski definition) is 6. The van der Waals surface area contributed by atoms with E-state index in [1.807, 2.05) is 26.8 Å². The first-order valence-electron chi connectivity index (χ1n) is 11.3. The average Bonchev–Trinajstić information content (AvgIpc) is 3.24. The molecule has 0 unspecified atom stereocenters. The smallest absolute Gasteiger partial charge is 0.273 e. The van der Waals surface area contributed by atoms with Crippen molar-refractivity contribution in [3.8, 4) is 5.75 Å². The Labute approximate surface area is 203 Å². The van der Waals surface area contributed by atoms with Gasteiger partial charge in [0.15, 0.2) is 5.69 Å². The average molecular weight is 480 g/mol. The Morgan fingerprint density at radius 2 is 1.94 bits per heavy atom. The van der Waals surface area contributed by atoms with Gasteiger partial charge in [0.25, 0.3) is 17.5 Å². The first-order chi connectivity index (χ1) is 16.7. The van der Waals surface area contributed by atoms with Gasteiger partial charge in [0.05, 0.1) is 10.6 Å². The van der Waals surface area contributed by atoms with Crippen LogP contribution in [-0.4, -0.2) is 33.1 Å². The van der Waals surface area contributed by atoms with Gasteiger partial charge in [0, 0.05) is 36.5 Å². The molecule has 184 valence electrons. The summed E-state index contributed by atoms with van der Waals surface area (Å²) in [6.45, 7) is 8.75. The highest BCUT2D eigenvalue weighted by Gasteiger charge is 2.19. The molecule has 0 spiro atoms. The Kier molecular flexibility index (Phi) is 8.19. The summed E-state index contributed by atoms with van der Waals surface area (Å²) in [5.41, 5.74) is 2.16. The SMILES string of the molecule is CCn1cc(NC(=O)c2cccc(COc3ccc([N+](=O)[O-])c(C)c3)c2)c(C(=O)NCC(C)C)n1. The van der Waals surface area contributed by atoms with Crippen LogP contribution in [0.3, 0.4) is 0 Å². The van der Waals surface area contributed by atoms with Crippen molar-refractivity contribution >= 4 is 23.2 Å². The van der Waals surface area contributed by atoms with Crippen LogP contribution in [0.4, 0.5) is 11.4 Å². The molecule has 0 saturated carbocycles. The Morgan fingerprint density at radius 1 is 1.17 bits per heavy atom. The van der Waals surface area contributed by atoms with E-state index in [1.54, 1.807) is 48.1 Å². The third-order valence-electron chi connectivity index (χ3n) is 5.18. The molecule has 3 aromatic rings. The van der Waals surface area contributed by atoms with E-state index in [9.17, 15) is 19.7 Å². The van der Waals surface area contributed by atoms with E-state index in [2.05, 4.69) is 15.7 Å². The number of nitro groups is 1. The van der Waals surface area contributed by atoms with E-state index >= 15 is 0 Å². The van der Waals surface area contributed by atoms with Gasteiger partial charge in [-0.15, -0.1) is 0 Å². The number of anilines is 1. The Morgan fingerprint density at radius 3 is 2.60 bits per heavy atom. The summed E-state index contributed by atoms with van der Waals surface area (Å²) in [7, 11) is 0. The molecule has 2 N–H and O–H groups in total. The summed E-state index contributed by atoms with van der Waals surface area (Å²) in [6.07, 6.45) is 1.63. The molecule has 10 heteroatoms. The number of hydrogen-bond donors (Lipinski definition) is 2. The number of rotatable bonds is 10. The van der Waals surface area contributed by atoms with Crippen LogP contribution in [0.2, 0.25) is 0 Å². The minimum atomic E-state index is -0.440. The third kappa shape index (κ3) is 6.66. The van der Waals surface area contributed by atoms with Gasteiger partial charge in [-0.25, -0.2) is 0 Å². The van der Waals surface area contributed by atoms with E-state index in [0.717, 1.165) is 5.56 Å². The van der Waals surface area contributed by atoms with Gasteiger partial charge < -0.3 is 15.4 Å². The van der Waals surface area contributed by atoms with Crippen LogP contribution in [-0.2, 0) is 13.2 Å². The molecule has 0 bridgehead atoms. The lowest BCUT2D eigenvalue weighted by atomic mass is 10.1. The van der Waals surface area contributed by atoms with Crippen molar-refractivity contribution < 1.29 is 19.2 Å². The fourth-order valence-electron chi connectivity index (χ4n) is 3.31. The predicted molar refractivity (Wildman–Crippen MR) is 132 cm³/mol. The molecule has 0 saturated heterocycles. The number of amides is 2. The minimum Gasteiger partial charge on any atom is -0.489 e. The molecule has 10 nitrogen and oxygen atoms in total. The summed E-state index contributed by atoms with van der Waals surface area (Å²) in [5, 5.41) is 20.9. The number of nitrogens with zero attached hydrogens (tertiary/aromatic N) is 3. The highest BCUT2D eigenvalue weighted by Crippen LogP contribution is 2.24. The first-order valence-corrected chi connectivity index (χ1v) is 11.3. The van der Waals surface area contributed by atoms with E-state index in [4.69, 9.17) is 4.74 Å². The standard InChI is InChI=1S/C25H29N5O5/c1-5-29-14-21(23(28-29)25(32)26-13-16(2)3)27-24(31)19-8-6-7-18(12-19)15-35-20-9-10-22(30(33)34)17(4)11-20/h6-12,14,16H,5,13,15H2,1-4H3,(H,26,32)(H,27,31). The Hall–Kier alpha value is -4.21. The summed E-state index contributed by atoms with van der Waals surface area (Å²) in [5.74, 6) is 0.0467. The van der Waals surface area contributed by atoms with Crippen molar-refractivity contribution in [2.24, 2.45) is 5.92 Å². The van der Waals surface area contributed by atoms with Gasteiger partial charge in [0.2, 0.25) is 0 Å². The second kappa shape index (κ2) is 11.3. The first kappa shape index (κ1) is 25.4. The largest absolute Gasteiger partial charge is 0.489 e. The number of benzene rings is 2. The van der Waals surface area contributed by atoms with Crippen LogP contribution in [0.1, 0.15) is 52.7 Å². The fraction of sp³-hybridized carbons (Fsp3) is 0.320. The zero-order valence-corrected chi connectivity index (χ0v) is 20.2. The number of nitrogens with one attached hydrogen (secondary N) is 2. The maximum atomic E-state index is 12.9. The second-order valence-corrected chi connectivity index (χ2v) is 8.50. The van der Waals surface area contributed by atoms with Gasteiger partial charge in [-0.3, -0.25) is 24.4 Å². The summed E-state index contributed by atoms with van der Waals surface area (Å²) >= 11 is 0. The van der Waals surface area contributed by atoms with Crippen molar-refractivity contribution in [1.29, 1.82) is 0 Å². The Bertz CT molecular complexity index is 1230. The molecule has 1 heterocycles. The highest BCUT2D eigenvalue weighted by atomic mass is 16.6. The summed E-state index contributed by atoms with van der Waals surface area (Å²) in [4.78, 5) is 36.1. The second-order valence-electron chi connectivity index (χ2n) is 8.50. The molecule has 2 amide bonds. The molecule has 0 fully saturated rings. The van der Waals surface area contributed by atoms with Crippen LogP contribution in [0.15, 0.2) is 48.7 Å². The molecule has 0 aliphatic heterocycles. The van der Waals surface area contributed by atoms with E-state index in [-0.39, 0.29) is 35.7 Å². The lowest BCUT2D eigenvalue weighted by Crippen LogP contribution is -2.28. The molecular formula is C25H29N5O5. The molecule has 2 aromatic carbocycles. The third-order valence-corrected chi connectivity index (χ3v) is 5.18. The zero-order valence-electron chi connectivity index (χ0n) is 20.2. The number of carbonyl (C=O) groups is 2. The van der Waals surface area contributed by atoms with Crippen LogP contribution in [0, 0.1) is 23.0 Å². The lowest BCUT2D eigenvalue weighted by Gasteiger charge is -2.10. The van der Waals surface area contributed by atoms with Crippen molar-refractivity contribution in [3.05, 3.63) is 81.2 Å². The van der Waals surface area contributed by atoms with E-state index in [1.165, 1.54) is 6.07 Å². The van der Waals surface area contributed by atoms with Gasteiger partial charge in [-0.2, -0.15) is 5.10 Å². The van der Waals surface area contributed by atoms with Gasteiger partial charge >= 0.3 is 0 Å². The van der Waals surface area contributed by atoms with Crippen molar-refractivity contribution in [2.75, 3.05) is 11.9 Å². The van der Waals surface area contributed by atoms with E-state index < -0.39 is 4.92 Å². The van der Waals surface area contributed by atoms with Gasteiger partial charge in [-0.1, -0.05) is 26.0 Å². The molecule has 0 aliphatic rings. The molecule has 0 atom stereocenters.